The molecule has 0 aliphatic heterocycles. The Morgan fingerprint density at radius 2 is 2.24 bits per heavy atom. The second-order valence-corrected chi connectivity index (χ2v) is 3.64. The topological polar surface area (TPSA) is 81.2 Å². The van der Waals surface area contributed by atoms with Crippen LogP contribution in [0.3, 0.4) is 0 Å². The van der Waals surface area contributed by atoms with E-state index in [9.17, 15) is 10.1 Å². The van der Waals surface area contributed by atoms with Gasteiger partial charge in [-0.15, -0.1) is 0 Å². The van der Waals surface area contributed by atoms with Gasteiger partial charge in [-0.1, -0.05) is 6.07 Å². The highest BCUT2D eigenvalue weighted by Gasteiger charge is 2.12. The molecule has 0 spiro atoms. The number of hydrogen-bond acceptors (Lipinski definition) is 4. The van der Waals surface area contributed by atoms with Crippen LogP contribution in [0.25, 0.3) is 5.69 Å². The molecular formula is C11H11N3O3. The van der Waals surface area contributed by atoms with E-state index in [1.54, 1.807) is 31.3 Å². The highest BCUT2D eigenvalue weighted by molar-refractivity contribution is 5.48. The number of aryl methyl sites for hydroxylation is 1. The van der Waals surface area contributed by atoms with Crippen molar-refractivity contribution in [2.45, 2.75) is 13.5 Å². The molecule has 0 saturated heterocycles. The van der Waals surface area contributed by atoms with Gasteiger partial charge in [0.25, 0.3) is 5.69 Å². The van der Waals surface area contributed by atoms with Crippen molar-refractivity contribution >= 4 is 5.69 Å². The average molecular weight is 233 g/mol. The molecule has 0 saturated carbocycles. The molecule has 0 fully saturated rings. The van der Waals surface area contributed by atoms with Crippen LogP contribution in [0, 0.1) is 17.0 Å². The molecule has 88 valence electrons. The number of aromatic nitrogens is 2. The largest absolute Gasteiger partial charge is 0.390 e. The van der Waals surface area contributed by atoms with E-state index in [2.05, 4.69) is 5.10 Å². The zero-order chi connectivity index (χ0) is 12.4. The van der Waals surface area contributed by atoms with Gasteiger partial charge >= 0.3 is 0 Å². The molecule has 17 heavy (non-hydrogen) atoms. The van der Waals surface area contributed by atoms with Gasteiger partial charge in [0.05, 0.1) is 22.9 Å². The summed E-state index contributed by atoms with van der Waals surface area (Å²) < 4.78 is 1.50. The number of nitro groups is 1. The third kappa shape index (κ3) is 2.16. The molecule has 0 aliphatic rings. The predicted octanol–water partition coefficient (Wildman–Crippen LogP) is 1.58. The quantitative estimate of drug-likeness (QED) is 0.644. The molecule has 1 aromatic carbocycles. The first-order valence-corrected chi connectivity index (χ1v) is 5.02. The van der Waals surface area contributed by atoms with Gasteiger partial charge in [0, 0.05) is 17.8 Å². The van der Waals surface area contributed by atoms with Crippen molar-refractivity contribution in [2.75, 3.05) is 0 Å². The number of nitrogens with zero attached hydrogens (tertiary/aromatic N) is 3. The van der Waals surface area contributed by atoms with Gasteiger partial charge in [0.15, 0.2) is 0 Å². The van der Waals surface area contributed by atoms with Crippen molar-refractivity contribution in [3.8, 4) is 5.69 Å². The van der Waals surface area contributed by atoms with Crippen molar-refractivity contribution in [1.82, 2.24) is 9.78 Å². The van der Waals surface area contributed by atoms with E-state index >= 15 is 0 Å². The summed E-state index contributed by atoms with van der Waals surface area (Å²) in [6.45, 7) is 1.53. The van der Waals surface area contributed by atoms with E-state index in [4.69, 9.17) is 5.11 Å². The Morgan fingerprint density at radius 3 is 2.82 bits per heavy atom. The van der Waals surface area contributed by atoms with Crippen LogP contribution in [-0.2, 0) is 6.61 Å². The Labute approximate surface area is 97.3 Å². The first-order valence-electron chi connectivity index (χ1n) is 5.02. The molecule has 1 aromatic heterocycles. The number of rotatable bonds is 3. The summed E-state index contributed by atoms with van der Waals surface area (Å²) in [5.74, 6) is 0. The molecule has 2 aromatic rings. The first kappa shape index (κ1) is 11.3. The number of aliphatic hydroxyl groups is 1. The number of nitro benzene ring substituents is 1. The lowest BCUT2D eigenvalue weighted by atomic mass is 10.2. The zero-order valence-electron chi connectivity index (χ0n) is 9.20. The van der Waals surface area contributed by atoms with E-state index < -0.39 is 4.92 Å². The molecule has 0 unspecified atom stereocenters. The minimum absolute atomic E-state index is 0.0588. The van der Waals surface area contributed by atoms with Crippen molar-refractivity contribution in [1.29, 1.82) is 0 Å². The maximum absolute atomic E-state index is 10.8. The van der Waals surface area contributed by atoms with Crippen LogP contribution in [0.4, 0.5) is 5.69 Å². The molecule has 1 heterocycles. The van der Waals surface area contributed by atoms with Crippen LogP contribution < -0.4 is 0 Å². The third-order valence-corrected chi connectivity index (χ3v) is 2.46. The maximum Gasteiger partial charge on any atom is 0.274 e. The van der Waals surface area contributed by atoms with Crippen LogP contribution in [0.5, 0.6) is 0 Å². The summed E-state index contributed by atoms with van der Waals surface area (Å²) in [5, 5.41) is 23.8. The van der Waals surface area contributed by atoms with E-state index in [1.807, 2.05) is 0 Å². The Kier molecular flexibility index (Phi) is 2.88. The second kappa shape index (κ2) is 4.34. The minimum Gasteiger partial charge on any atom is -0.390 e. The summed E-state index contributed by atoms with van der Waals surface area (Å²) in [5.41, 5.74) is 1.78. The van der Waals surface area contributed by atoms with E-state index in [-0.39, 0.29) is 12.3 Å². The standard InChI is InChI=1S/C11H11N3O3/c1-8-2-3-10(6-11(8)14(16)17)13-5-4-9(7-15)12-13/h2-6,15H,7H2,1H3. The molecule has 0 radical (unpaired) electrons. The molecule has 0 aliphatic carbocycles. The van der Waals surface area contributed by atoms with Crippen LogP contribution in [-0.4, -0.2) is 19.8 Å². The van der Waals surface area contributed by atoms with Gasteiger partial charge in [-0.2, -0.15) is 5.10 Å². The lowest BCUT2D eigenvalue weighted by molar-refractivity contribution is -0.385. The second-order valence-electron chi connectivity index (χ2n) is 3.64. The Hall–Kier alpha value is -2.21. The van der Waals surface area contributed by atoms with Crippen LogP contribution in [0.15, 0.2) is 30.5 Å². The SMILES string of the molecule is Cc1ccc(-n2ccc(CO)n2)cc1[N+](=O)[O-]. The minimum atomic E-state index is -0.421. The van der Waals surface area contributed by atoms with Gasteiger partial charge in [-0.25, -0.2) is 4.68 Å². The monoisotopic (exact) mass is 233 g/mol. The smallest absolute Gasteiger partial charge is 0.274 e. The van der Waals surface area contributed by atoms with Gasteiger partial charge in [-0.05, 0) is 19.1 Å². The first-order chi connectivity index (χ1) is 8.11. The van der Waals surface area contributed by atoms with Crippen molar-refractivity contribution < 1.29 is 10.0 Å². The van der Waals surface area contributed by atoms with Crippen molar-refractivity contribution in [2.24, 2.45) is 0 Å². The average Bonchev–Trinajstić information content (AvgIpc) is 2.78. The molecule has 6 heteroatoms. The number of aliphatic hydroxyl groups excluding tert-OH is 1. The molecule has 0 bridgehead atoms. The van der Waals surface area contributed by atoms with Crippen LogP contribution >= 0.6 is 0 Å². The van der Waals surface area contributed by atoms with E-state index in [0.29, 0.717) is 16.9 Å². The van der Waals surface area contributed by atoms with Gasteiger partial charge in [0.2, 0.25) is 0 Å². The van der Waals surface area contributed by atoms with Crippen LogP contribution in [0.2, 0.25) is 0 Å². The van der Waals surface area contributed by atoms with E-state index in [0.717, 1.165) is 0 Å². The Bertz CT molecular complexity index is 563. The van der Waals surface area contributed by atoms with Gasteiger partial charge in [0.1, 0.15) is 0 Å². The fourth-order valence-corrected chi connectivity index (χ4v) is 1.53. The molecule has 2 rings (SSSR count). The Morgan fingerprint density at radius 1 is 1.47 bits per heavy atom. The predicted molar refractivity (Wildman–Crippen MR) is 60.9 cm³/mol. The van der Waals surface area contributed by atoms with E-state index in [1.165, 1.54) is 10.7 Å². The molecule has 6 nitrogen and oxygen atoms in total. The number of hydrogen-bond donors (Lipinski definition) is 1. The summed E-state index contributed by atoms with van der Waals surface area (Å²) in [4.78, 5) is 10.4. The third-order valence-electron chi connectivity index (χ3n) is 2.46. The fourth-order valence-electron chi connectivity index (χ4n) is 1.53. The molecule has 0 atom stereocenters. The summed E-state index contributed by atoms with van der Waals surface area (Å²) in [6, 6.07) is 6.54. The number of benzene rings is 1. The summed E-state index contributed by atoms with van der Waals surface area (Å²) in [7, 11) is 0. The fraction of sp³-hybridized carbons (Fsp3) is 0.182. The van der Waals surface area contributed by atoms with Gasteiger partial charge < -0.3 is 5.11 Å². The zero-order valence-corrected chi connectivity index (χ0v) is 9.20. The molecular weight excluding hydrogens is 222 g/mol. The van der Waals surface area contributed by atoms with Crippen LogP contribution in [0.1, 0.15) is 11.3 Å². The van der Waals surface area contributed by atoms with Crippen molar-refractivity contribution in [3.63, 3.8) is 0 Å². The highest BCUT2D eigenvalue weighted by atomic mass is 16.6. The lowest BCUT2D eigenvalue weighted by Gasteiger charge is -2.03. The maximum atomic E-state index is 10.8. The van der Waals surface area contributed by atoms with Crippen molar-refractivity contribution in [3.05, 3.63) is 51.8 Å². The lowest BCUT2D eigenvalue weighted by Crippen LogP contribution is -1.99. The molecule has 1 N–H and O–H groups in total. The summed E-state index contributed by atoms with van der Waals surface area (Å²) >= 11 is 0. The van der Waals surface area contributed by atoms with Gasteiger partial charge in [-0.3, -0.25) is 10.1 Å². The Balaban J connectivity index is 2.46. The summed E-state index contributed by atoms with van der Waals surface area (Å²) in [6.07, 6.45) is 1.65. The molecule has 0 amide bonds. The highest BCUT2D eigenvalue weighted by Crippen LogP contribution is 2.21. The normalized spacial score (nSPS) is 10.5.